The molecule has 8 heteroatoms. The van der Waals surface area contributed by atoms with Gasteiger partial charge in [0.25, 0.3) is 0 Å². The molecule has 0 aliphatic heterocycles. The van der Waals surface area contributed by atoms with E-state index in [1.54, 1.807) is 30.3 Å². The van der Waals surface area contributed by atoms with Gasteiger partial charge < -0.3 is 21.7 Å². The van der Waals surface area contributed by atoms with Crippen LogP contribution in [0.25, 0.3) is 0 Å². The van der Waals surface area contributed by atoms with Crippen LogP contribution in [0.5, 0.6) is 0 Å². The smallest absolute Gasteiger partial charge is 0.336 e. The van der Waals surface area contributed by atoms with Crippen LogP contribution in [0.15, 0.2) is 51.1 Å². The van der Waals surface area contributed by atoms with Gasteiger partial charge in [0.1, 0.15) is 0 Å². The van der Waals surface area contributed by atoms with Gasteiger partial charge in [0.2, 0.25) is 0 Å². The van der Waals surface area contributed by atoms with Crippen molar-refractivity contribution in [1.29, 1.82) is 0 Å². The van der Waals surface area contributed by atoms with Gasteiger partial charge >= 0.3 is 11.9 Å². The Morgan fingerprint density at radius 1 is 0.958 bits per heavy atom. The fourth-order valence-corrected chi connectivity index (χ4v) is 3.91. The average molecular weight is 364 g/mol. The summed E-state index contributed by atoms with van der Waals surface area (Å²) in [5, 5.41) is 18.0. The highest BCUT2D eigenvalue weighted by molar-refractivity contribution is 8.00. The summed E-state index contributed by atoms with van der Waals surface area (Å²) in [5.74, 6) is -1.50. The van der Waals surface area contributed by atoms with Gasteiger partial charge in [-0.3, -0.25) is 4.79 Å². The van der Waals surface area contributed by atoms with Crippen molar-refractivity contribution in [3.63, 3.8) is 0 Å². The fourth-order valence-electron chi connectivity index (χ4n) is 1.91. The Kier molecular flexibility index (Phi) is 5.99. The summed E-state index contributed by atoms with van der Waals surface area (Å²) in [7, 11) is 0. The van der Waals surface area contributed by atoms with Gasteiger partial charge in [-0.15, -0.1) is 11.8 Å². The molecule has 0 heterocycles. The van der Waals surface area contributed by atoms with Crippen molar-refractivity contribution >= 4 is 46.8 Å². The number of carboxylic acid groups (broad SMARTS) is 2. The number of carbonyl (C=O) groups is 2. The molecule has 0 bridgehead atoms. The van der Waals surface area contributed by atoms with Crippen LogP contribution in [0.1, 0.15) is 16.8 Å². The molecule has 0 aliphatic carbocycles. The fraction of sp³-hybridized carbons (Fsp3) is 0.125. The minimum absolute atomic E-state index is 0.0266. The second kappa shape index (κ2) is 7.98. The van der Waals surface area contributed by atoms with Crippen molar-refractivity contribution in [3.8, 4) is 0 Å². The number of aliphatic carboxylic acids is 1. The number of benzene rings is 2. The van der Waals surface area contributed by atoms with Gasteiger partial charge in [-0.1, -0.05) is 23.9 Å². The van der Waals surface area contributed by atoms with Crippen molar-refractivity contribution < 1.29 is 19.8 Å². The first-order valence-corrected chi connectivity index (χ1v) is 8.72. The predicted molar refractivity (Wildman–Crippen MR) is 95.8 cm³/mol. The third kappa shape index (κ3) is 4.59. The summed E-state index contributed by atoms with van der Waals surface area (Å²) in [6.07, 6.45) is 0.0266. The Morgan fingerprint density at radius 3 is 2.29 bits per heavy atom. The molecule has 0 saturated heterocycles. The summed E-state index contributed by atoms with van der Waals surface area (Å²) >= 11 is 2.57. The molecule has 6 N–H and O–H groups in total. The number of nitrogen functional groups attached to an aromatic ring is 2. The summed E-state index contributed by atoms with van der Waals surface area (Å²) in [4.78, 5) is 23.9. The molecule has 126 valence electrons. The van der Waals surface area contributed by atoms with E-state index in [4.69, 9.17) is 16.6 Å². The molecule has 2 aromatic carbocycles. The van der Waals surface area contributed by atoms with Gasteiger partial charge in [-0.05, 0) is 24.3 Å². The van der Waals surface area contributed by atoms with E-state index in [1.807, 2.05) is 0 Å². The normalized spacial score (nSPS) is 10.5. The van der Waals surface area contributed by atoms with E-state index < -0.39 is 11.9 Å². The summed E-state index contributed by atoms with van der Waals surface area (Å²) in [6, 6.07) is 10.0. The molecule has 0 spiro atoms. The van der Waals surface area contributed by atoms with E-state index in [-0.39, 0.29) is 12.0 Å². The lowest BCUT2D eigenvalue weighted by atomic mass is 10.2. The van der Waals surface area contributed by atoms with E-state index in [1.165, 1.54) is 29.6 Å². The van der Waals surface area contributed by atoms with E-state index in [2.05, 4.69) is 0 Å². The molecule has 2 rings (SSSR count). The quantitative estimate of drug-likeness (QED) is 0.435. The highest BCUT2D eigenvalue weighted by Gasteiger charge is 2.14. The molecule has 6 nitrogen and oxygen atoms in total. The number of hydrogen-bond donors (Lipinski definition) is 4. The van der Waals surface area contributed by atoms with Gasteiger partial charge in [-0.2, -0.15) is 0 Å². The molecule has 0 unspecified atom stereocenters. The van der Waals surface area contributed by atoms with Gasteiger partial charge in [0, 0.05) is 31.8 Å². The lowest BCUT2D eigenvalue weighted by molar-refractivity contribution is -0.136. The first-order valence-electron chi connectivity index (χ1n) is 6.92. The van der Waals surface area contributed by atoms with Crippen LogP contribution in [0.2, 0.25) is 0 Å². The lowest BCUT2D eigenvalue weighted by Crippen LogP contribution is -2.00. The van der Waals surface area contributed by atoms with Crippen LogP contribution >= 0.6 is 23.5 Å². The molecule has 0 amide bonds. The maximum Gasteiger partial charge on any atom is 0.336 e. The van der Waals surface area contributed by atoms with Crippen LogP contribution in [-0.2, 0) is 4.79 Å². The Bertz CT molecular complexity index is 781. The average Bonchev–Trinajstić information content (AvgIpc) is 2.51. The number of hydrogen-bond acceptors (Lipinski definition) is 6. The molecule has 0 radical (unpaired) electrons. The third-order valence-electron chi connectivity index (χ3n) is 3.05. The monoisotopic (exact) mass is 364 g/mol. The molecule has 0 fully saturated rings. The largest absolute Gasteiger partial charge is 0.481 e. The van der Waals surface area contributed by atoms with E-state index in [0.29, 0.717) is 26.9 Å². The minimum atomic E-state index is -1.01. The summed E-state index contributed by atoms with van der Waals surface area (Å²) in [6.45, 7) is 0. The van der Waals surface area contributed by atoms with Gasteiger partial charge in [0.15, 0.2) is 0 Å². The van der Waals surface area contributed by atoms with Crippen molar-refractivity contribution in [2.75, 3.05) is 17.2 Å². The van der Waals surface area contributed by atoms with Crippen molar-refractivity contribution in [1.82, 2.24) is 0 Å². The Balaban J connectivity index is 2.27. The van der Waals surface area contributed by atoms with Crippen molar-refractivity contribution in [2.24, 2.45) is 0 Å². The van der Waals surface area contributed by atoms with Crippen molar-refractivity contribution in [2.45, 2.75) is 21.1 Å². The molecule has 2 aromatic rings. The molecule has 0 atom stereocenters. The molecule has 24 heavy (non-hydrogen) atoms. The number of rotatable bonds is 7. The topological polar surface area (TPSA) is 127 Å². The molecule has 0 aliphatic rings. The van der Waals surface area contributed by atoms with E-state index >= 15 is 0 Å². The van der Waals surface area contributed by atoms with Gasteiger partial charge in [-0.25, -0.2) is 4.79 Å². The first-order chi connectivity index (χ1) is 11.4. The lowest BCUT2D eigenvalue weighted by Gasteiger charge is -2.12. The van der Waals surface area contributed by atoms with Crippen LogP contribution in [0, 0.1) is 0 Å². The molecular weight excluding hydrogens is 348 g/mol. The number of thioether (sulfide) groups is 1. The molecule has 0 saturated carbocycles. The maximum absolute atomic E-state index is 11.3. The molecular formula is C16H16N2O4S2. The Morgan fingerprint density at radius 2 is 1.62 bits per heavy atom. The van der Waals surface area contributed by atoms with Gasteiger partial charge in [0.05, 0.1) is 12.0 Å². The zero-order valence-electron chi connectivity index (χ0n) is 12.6. The van der Waals surface area contributed by atoms with Crippen LogP contribution in [0.3, 0.4) is 0 Å². The standard InChI is InChI=1S/C16H16N2O4S2/c17-10-7-11(18)14(8-13(10)23-6-5-15(19)20)24-12-4-2-1-3-9(12)16(21)22/h1-4,7-8H,5-6,17-18H2,(H,19,20)(H,21,22). The second-order valence-electron chi connectivity index (χ2n) is 4.82. The zero-order chi connectivity index (χ0) is 17.7. The Labute approximate surface area is 147 Å². The van der Waals surface area contributed by atoms with Crippen LogP contribution in [-0.4, -0.2) is 27.9 Å². The van der Waals surface area contributed by atoms with E-state index in [0.717, 1.165) is 4.90 Å². The first kappa shape index (κ1) is 18.0. The van der Waals surface area contributed by atoms with Crippen molar-refractivity contribution in [3.05, 3.63) is 42.0 Å². The third-order valence-corrected chi connectivity index (χ3v) is 5.28. The number of carboxylic acids is 2. The number of anilines is 2. The highest BCUT2D eigenvalue weighted by atomic mass is 32.2. The minimum Gasteiger partial charge on any atom is -0.481 e. The number of aromatic carboxylic acids is 1. The zero-order valence-corrected chi connectivity index (χ0v) is 14.2. The predicted octanol–water partition coefficient (Wildman–Crippen LogP) is 3.27. The highest BCUT2D eigenvalue weighted by Crippen LogP contribution is 2.39. The van der Waals surface area contributed by atoms with E-state index in [9.17, 15) is 14.7 Å². The molecule has 0 aromatic heterocycles. The van der Waals surface area contributed by atoms with Crippen LogP contribution < -0.4 is 11.5 Å². The SMILES string of the molecule is Nc1cc(N)c(Sc2ccccc2C(=O)O)cc1SCCC(=O)O. The number of nitrogens with two attached hydrogens (primary N) is 2. The summed E-state index contributed by atoms with van der Waals surface area (Å²) < 4.78 is 0. The second-order valence-corrected chi connectivity index (χ2v) is 7.04. The van der Waals surface area contributed by atoms with Crippen LogP contribution in [0.4, 0.5) is 11.4 Å². The summed E-state index contributed by atoms with van der Waals surface area (Å²) in [5.41, 5.74) is 13.0. The maximum atomic E-state index is 11.3. The Hall–Kier alpha value is -2.32.